The van der Waals surface area contributed by atoms with Crippen LogP contribution >= 0.6 is 0 Å². The second-order valence-electron chi connectivity index (χ2n) is 5.86. The molecule has 0 bridgehead atoms. The van der Waals surface area contributed by atoms with Gasteiger partial charge in [-0.2, -0.15) is 0 Å². The Morgan fingerprint density at radius 3 is 2.46 bits per heavy atom. The van der Waals surface area contributed by atoms with Gasteiger partial charge in [0.2, 0.25) is 10.0 Å². The molecule has 0 spiro atoms. The van der Waals surface area contributed by atoms with Crippen LogP contribution in [0.1, 0.15) is 25.8 Å². The molecular formula is C16H23NO6S. The second-order valence-corrected chi connectivity index (χ2v) is 7.57. The quantitative estimate of drug-likeness (QED) is 0.800. The van der Waals surface area contributed by atoms with Crippen molar-refractivity contribution in [2.24, 2.45) is 0 Å². The Morgan fingerprint density at radius 1 is 1.29 bits per heavy atom. The van der Waals surface area contributed by atoms with E-state index in [2.05, 4.69) is 4.72 Å². The van der Waals surface area contributed by atoms with Gasteiger partial charge in [0, 0.05) is 20.5 Å². The molecule has 0 amide bonds. The molecule has 0 aromatic heterocycles. The predicted octanol–water partition coefficient (Wildman–Crippen LogP) is 1.35. The number of rotatable bonds is 5. The van der Waals surface area contributed by atoms with E-state index in [-0.39, 0.29) is 11.3 Å². The first-order valence-electron chi connectivity index (χ1n) is 7.67. The number of hydrogen-bond acceptors (Lipinski definition) is 6. The molecule has 0 saturated carbocycles. The summed E-state index contributed by atoms with van der Waals surface area (Å²) < 4.78 is 43.9. The summed E-state index contributed by atoms with van der Waals surface area (Å²) in [5.41, 5.74) is 0.964. The summed E-state index contributed by atoms with van der Waals surface area (Å²) in [5, 5.41) is 0. The number of benzene rings is 1. The zero-order valence-electron chi connectivity index (χ0n) is 14.2. The molecule has 0 radical (unpaired) electrons. The molecule has 1 saturated heterocycles. The maximum atomic E-state index is 12.6. The average molecular weight is 357 g/mol. The van der Waals surface area contributed by atoms with Gasteiger partial charge >= 0.3 is 5.97 Å². The van der Waals surface area contributed by atoms with Crippen molar-refractivity contribution in [3.63, 3.8) is 0 Å². The highest BCUT2D eigenvalue weighted by Gasteiger charge is 2.41. The van der Waals surface area contributed by atoms with Crippen LogP contribution in [0.15, 0.2) is 29.2 Å². The highest BCUT2D eigenvalue weighted by atomic mass is 32.2. The molecule has 1 N–H and O–H groups in total. The lowest BCUT2D eigenvalue weighted by molar-refractivity contribution is -0.222. The highest BCUT2D eigenvalue weighted by molar-refractivity contribution is 7.89. The predicted molar refractivity (Wildman–Crippen MR) is 86.8 cm³/mol. The number of sulfonamides is 1. The highest BCUT2D eigenvalue weighted by Crippen LogP contribution is 2.25. The first kappa shape index (κ1) is 18.9. The van der Waals surface area contributed by atoms with Crippen LogP contribution in [0.3, 0.4) is 0 Å². The summed E-state index contributed by atoms with van der Waals surface area (Å²) in [7, 11) is -2.27. The first-order valence-corrected chi connectivity index (χ1v) is 9.15. The smallest absolute Gasteiger partial charge is 0.303 e. The summed E-state index contributed by atoms with van der Waals surface area (Å²) in [5.74, 6) is -0.495. The Morgan fingerprint density at radius 2 is 1.92 bits per heavy atom. The van der Waals surface area contributed by atoms with Gasteiger partial charge in [-0.25, -0.2) is 13.1 Å². The van der Waals surface area contributed by atoms with Gasteiger partial charge in [0.05, 0.1) is 17.0 Å². The summed E-state index contributed by atoms with van der Waals surface area (Å²) in [6.07, 6.45) is -1.56. The maximum Gasteiger partial charge on any atom is 0.303 e. The molecule has 2 rings (SSSR count). The SMILES string of the molecule is CO[C@H]1C[C@@H](NS(=O)(=O)c2ccc(C)cc2)[C@@H](OC(C)=O)[C@H](C)O1. The molecule has 24 heavy (non-hydrogen) atoms. The minimum absolute atomic E-state index is 0.155. The molecule has 1 aromatic carbocycles. The van der Waals surface area contributed by atoms with Gasteiger partial charge in [0.15, 0.2) is 6.29 Å². The number of aryl methyl sites for hydroxylation is 1. The van der Waals surface area contributed by atoms with Crippen molar-refractivity contribution in [2.45, 2.75) is 56.6 Å². The van der Waals surface area contributed by atoms with Crippen LogP contribution in [0.5, 0.6) is 0 Å². The fraction of sp³-hybridized carbons (Fsp3) is 0.562. The van der Waals surface area contributed by atoms with E-state index in [0.29, 0.717) is 0 Å². The third kappa shape index (κ3) is 4.54. The molecule has 1 fully saturated rings. The molecule has 1 heterocycles. The van der Waals surface area contributed by atoms with E-state index >= 15 is 0 Å². The molecular weight excluding hydrogens is 334 g/mol. The van der Waals surface area contributed by atoms with E-state index in [1.807, 2.05) is 6.92 Å². The fourth-order valence-corrected chi connectivity index (χ4v) is 3.92. The molecule has 134 valence electrons. The molecule has 8 heteroatoms. The van der Waals surface area contributed by atoms with Crippen molar-refractivity contribution in [1.82, 2.24) is 4.72 Å². The first-order chi connectivity index (χ1) is 11.2. The van der Waals surface area contributed by atoms with Crippen LogP contribution < -0.4 is 4.72 Å². The number of esters is 1. The number of ether oxygens (including phenoxy) is 3. The summed E-state index contributed by atoms with van der Waals surface area (Å²) in [6, 6.07) is 5.88. The van der Waals surface area contributed by atoms with E-state index in [0.717, 1.165) is 5.56 Å². The molecule has 7 nitrogen and oxygen atoms in total. The van der Waals surface area contributed by atoms with Crippen molar-refractivity contribution in [2.75, 3.05) is 7.11 Å². The zero-order chi connectivity index (χ0) is 17.9. The second kappa shape index (κ2) is 7.60. The van der Waals surface area contributed by atoms with E-state index in [4.69, 9.17) is 14.2 Å². The lowest BCUT2D eigenvalue weighted by Gasteiger charge is -2.39. The summed E-state index contributed by atoms with van der Waals surface area (Å²) >= 11 is 0. The van der Waals surface area contributed by atoms with Crippen molar-refractivity contribution >= 4 is 16.0 Å². The maximum absolute atomic E-state index is 12.6. The lowest BCUT2D eigenvalue weighted by Crippen LogP contribution is -2.56. The van der Waals surface area contributed by atoms with E-state index in [1.165, 1.54) is 26.2 Å². The molecule has 4 atom stereocenters. The Kier molecular flexibility index (Phi) is 5.97. The van der Waals surface area contributed by atoms with Crippen LogP contribution in [0.25, 0.3) is 0 Å². The average Bonchev–Trinajstić information content (AvgIpc) is 2.50. The van der Waals surface area contributed by atoms with Crippen LogP contribution in [-0.4, -0.2) is 46.0 Å². The van der Waals surface area contributed by atoms with Gasteiger partial charge in [-0.3, -0.25) is 4.79 Å². The number of carbonyl (C=O) groups is 1. The molecule has 0 aliphatic carbocycles. The minimum Gasteiger partial charge on any atom is -0.458 e. The number of carbonyl (C=O) groups excluding carboxylic acids is 1. The van der Waals surface area contributed by atoms with Gasteiger partial charge < -0.3 is 14.2 Å². The normalized spacial score (nSPS) is 27.7. The van der Waals surface area contributed by atoms with Gasteiger partial charge in [0.25, 0.3) is 0 Å². The van der Waals surface area contributed by atoms with Crippen LogP contribution in [0.4, 0.5) is 0 Å². The lowest BCUT2D eigenvalue weighted by atomic mass is 10.0. The Hall–Kier alpha value is -1.48. The number of hydrogen-bond donors (Lipinski definition) is 1. The zero-order valence-corrected chi connectivity index (χ0v) is 15.0. The monoisotopic (exact) mass is 357 g/mol. The molecule has 1 aliphatic rings. The van der Waals surface area contributed by atoms with Crippen molar-refractivity contribution in [3.05, 3.63) is 29.8 Å². The molecule has 1 aliphatic heterocycles. The Labute approximate surface area is 142 Å². The minimum atomic E-state index is -3.75. The van der Waals surface area contributed by atoms with Gasteiger partial charge in [-0.05, 0) is 26.0 Å². The van der Waals surface area contributed by atoms with Gasteiger partial charge in [-0.15, -0.1) is 0 Å². The number of nitrogens with one attached hydrogen (secondary N) is 1. The third-order valence-electron chi connectivity index (χ3n) is 3.87. The standard InChI is InChI=1S/C16H23NO6S/c1-10-5-7-13(8-6-10)24(19,20)17-14-9-15(21-4)22-11(2)16(14)23-12(3)18/h5-8,11,14-17H,9H2,1-4H3/t11-,14+,15+,16-/m0/s1. The Balaban J connectivity index is 2.24. The summed E-state index contributed by atoms with van der Waals surface area (Å²) in [6.45, 7) is 4.87. The van der Waals surface area contributed by atoms with Crippen molar-refractivity contribution < 1.29 is 27.4 Å². The third-order valence-corrected chi connectivity index (χ3v) is 5.38. The van der Waals surface area contributed by atoms with Gasteiger partial charge in [-0.1, -0.05) is 17.7 Å². The van der Waals surface area contributed by atoms with Crippen molar-refractivity contribution in [1.29, 1.82) is 0 Å². The fourth-order valence-electron chi connectivity index (χ4n) is 2.66. The van der Waals surface area contributed by atoms with Crippen LogP contribution in [0, 0.1) is 6.92 Å². The van der Waals surface area contributed by atoms with Crippen LogP contribution in [-0.2, 0) is 29.0 Å². The van der Waals surface area contributed by atoms with E-state index < -0.39 is 40.5 Å². The molecule has 0 unspecified atom stereocenters. The summed E-state index contributed by atoms with van der Waals surface area (Å²) in [4.78, 5) is 11.5. The largest absolute Gasteiger partial charge is 0.458 e. The molecule has 1 aromatic rings. The van der Waals surface area contributed by atoms with Crippen molar-refractivity contribution in [3.8, 4) is 0 Å². The van der Waals surface area contributed by atoms with Gasteiger partial charge in [0.1, 0.15) is 6.10 Å². The van der Waals surface area contributed by atoms with Crippen LogP contribution in [0.2, 0.25) is 0 Å². The Bertz CT molecular complexity index is 672. The van der Waals surface area contributed by atoms with E-state index in [9.17, 15) is 13.2 Å². The number of methoxy groups -OCH3 is 1. The van der Waals surface area contributed by atoms with E-state index in [1.54, 1.807) is 19.1 Å². The topological polar surface area (TPSA) is 90.9 Å².